The van der Waals surface area contributed by atoms with Crippen LogP contribution in [0.4, 0.5) is 0 Å². The molecule has 0 bridgehead atoms. The summed E-state index contributed by atoms with van der Waals surface area (Å²) in [6, 6.07) is 22.1. The molecule has 0 aliphatic heterocycles. The number of hydrogen-bond donors (Lipinski definition) is 1. The number of para-hydroxylation sites is 1. The van der Waals surface area contributed by atoms with Crippen LogP contribution < -0.4 is 9.61 Å². The van der Waals surface area contributed by atoms with E-state index in [0.29, 0.717) is 5.56 Å². The quantitative estimate of drug-likeness (QED) is 0.174. The fourth-order valence-corrected chi connectivity index (χ4v) is 5.46. The van der Waals surface area contributed by atoms with Gasteiger partial charge in [0.25, 0.3) is 5.91 Å². The lowest BCUT2D eigenvalue weighted by Crippen LogP contribution is -2.19. The van der Waals surface area contributed by atoms with Crippen molar-refractivity contribution in [2.75, 3.05) is 5.75 Å². The Hall–Kier alpha value is -3.21. The molecule has 0 aliphatic carbocycles. The summed E-state index contributed by atoms with van der Waals surface area (Å²) in [6.45, 7) is 0. The third-order valence-corrected chi connectivity index (χ3v) is 7.54. The van der Waals surface area contributed by atoms with E-state index >= 15 is 0 Å². The van der Waals surface area contributed by atoms with Crippen molar-refractivity contribution in [3.8, 4) is 5.75 Å². The fourth-order valence-electron chi connectivity index (χ4n) is 2.66. The van der Waals surface area contributed by atoms with Gasteiger partial charge in [0.15, 0.2) is 4.34 Å². The van der Waals surface area contributed by atoms with Gasteiger partial charge in [0.1, 0.15) is 10.6 Å². The van der Waals surface area contributed by atoms with E-state index in [2.05, 4.69) is 15.5 Å². The van der Waals surface area contributed by atoms with Crippen LogP contribution in [0.1, 0.15) is 5.56 Å². The topological polar surface area (TPSA) is 97.7 Å². The maximum atomic E-state index is 12.3. The number of nitrogens with zero attached hydrogens (tertiary/aromatic N) is 2. The van der Waals surface area contributed by atoms with Crippen LogP contribution in [0.5, 0.6) is 5.75 Å². The van der Waals surface area contributed by atoms with E-state index < -0.39 is 10.1 Å². The lowest BCUT2D eigenvalue weighted by Gasteiger charge is -2.07. The molecule has 0 atom stereocenters. The fraction of sp³-hybridized carbons (Fsp3) is 0.0455. The third kappa shape index (κ3) is 5.72. The van der Waals surface area contributed by atoms with Gasteiger partial charge in [-0.3, -0.25) is 4.79 Å². The summed E-state index contributed by atoms with van der Waals surface area (Å²) in [7, 11) is -3.93. The van der Waals surface area contributed by atoms with Crippen LogP contribution in [-0.2, 0) is 14.9 Å². The van der Waals surface area contributed by atoms with Crippen LogP contribution in [0, 0.1) is 0 Å². The number of rotatable bonds is 8. The Balaban J connectivity index is 1.32. The number of hydrogen-bond acceptors (Lipinski definition) is 8. The molecule has 0 aliphatic rings. The molecule has 7 nitrogen and oxygen atoms in total. The zero-order valence-corrected chi connectivity index (χ0v) is 19.0. The molecule has 0 radical (unpaired) electrons. The molecule has 3 aromatic carbocycles. The Bertz CT molecular complexity index is 1340. The molecule has 1 amide bonds. The van der Waals surface area contributed by atoms with E-state index in [1.54, 1.807) is 30.3 Å². The summed E-state index contributed by atoms with van der Waals surface area (Å²) in [4.78, 5) is 16.6. The lowest BCUT2D eigenvalue weighted by molar-refractivity contribution is -0.118. The van der Waals surface area contributed by atoms with Gasteiger partial charge in [0, 0.05) is 0 Å². The van der Waals surface area contributed by atoms with Crippen molar-refractivity contribution < 1.29 is 17.4 Å². The molecule has 0 unspecified atom stereocenters. The largest absolute Gasteiger partial charge is 0.379 e. The first-order valence-electron chi connectivity index (χ1n) is 9.39. The monoisotopic (exact) mass is 483 g/mol. The van der Waals surface area contributed by atoms with E-state index in [9.17, 15) is 13.2 Å². The molecule has 1 heterocycles. The first-order valence-corrected chi connectivity index (χ1v) is 12.6. The second-order valence-electron chi connectivity index (χ2n) is 6.45. The average molecular weight is 484 g/mol. The van der Waals surface area contributed by atoms with Crippen molar-refractivity contribution >= 4 is 55.6 Å². The zero-order chi connectivity index (χ0) is 22.4. The van der Waals surface area contributed by atoms with Crippen molar-refractivity contribution in [3.63, 3.8) is 0 Å². The van der Waals surface area contributed by atoms with Crippen LogP contribution in [0.15, 0.2) is 93.2 Å². The standard InChI is InChI=1S/C22H17N3O4S3/c26-21(15-30-22-24-19-11-4-5-12-20(19)31-22)25-23-14-16-7-6-8-17(13-16)29-32(27,28)18-9-2-1-3-10-18/h1-14H,15H2,(H,25,26)/b23-14-. The van der Waals surface area contributed by atoms with Crippen LogP contribution in [-0.4, -0.2) is 31.3 Å². The summed E-state index contributed by atoms with van der Waals surface area (Å²) in [5.74, 6) is 0.0513. The molecule has 0 fully saturated rings. The predicted molar refractivity (Wildman–Crippen MR) is 127 cm³/mol. The summed E-state index contributed by atoms with van der Waals surface area (Å²) < 4.78 is 31.8. The van der Waals surface area contributed by atoms with Crippen LogP contribution in [0.2, 0.25) is 0 Å². The Labute approximate surface area is 193 Å². The smallest absolute Gasteiger partial charge is 0.339 e. The number of nitrogens with one attached hydrogen (secondary N) is 1. The minimum absolute atomic E-state index is 0.0666. The van der Waals surface area contributed by atoms with Gasteiger partial charge in [-0.15, -0.1) is 11.3 Å². The molecular formula is C22H17N3O4S3. The SMILES string of the molecule is O=C(CSc1nc2ccccc2s1)N/N=C\c1cccc(OS(=O)(=O)c2ccccc2)c1. The zero-order valence-electron chi connectivity index (χ0n) is 16.5. The number of benzene rings is 3. The maximum absolute atomic E-state index is 12.3. The van der Waals surface area contributed by atoms with Gasteiger partial charge >= 0.3 is 10.1 Å². The molecule has 4 aromatic rings. The van der Waals surface area contributed by atoms with Crippen LogP contribution in [0.25, 0.3) is 10.2 Å². The van der Waals surface area contributed by atoms with Crippen LogP contribution >= 0.6 is 23.1 Å². The molecule has 32 heavy (non-hydrogen) atoms. The Kier molecular flexibility index (Phi) is 6.84. The Morgan fingerprint density at radius 1 is 1.06 bits per heavy atom. The van der Waals surface area contributed by atoms with Gasteiger partial charge in [-0.25, -0.2) is 10.4 Å². The first kappa shape index (κ1) is 22.0. The molecule has 0 saturated heterocycles. The Morgan fingerprint density at radius 3 is 2.66 bits per heavy atom. The lowest BCUT2D eigenvalue weighted by atomic mass is 10.2. The van der Waals surface area contributed by atoms with Crippen molar-refractivity contribution in [3.05, 3.63) is 84.4 Å². The number of hydrazone groups is 1. The highest BCUT2D eigenvalue weighted by atomic mass is 32.2. The molecule has 162 valence electrons. The minimum Gasteiger partial charge on any atom is -0.379 e. The molecule has 10 heteroatoms. The first-order chi connectivity index (χ1) is 15.5. The van der Waals surface area contributed by atoms with Gasteiger partial charge < -0.3 is 4.18 Å². The second-order valence-corrected chi connectivity index (χ2v) is 10.3. The third-order valence-electron chi connectivity index (χ3n) is 4.10. The number of carbonyl (C=O) groups is 1. The van der Waals surface area contributed by atoms with Gasteiger partial charge in [-0.2, -0.15) is 13.5 Å². The van der Waals surface area contributed by atoms with Crippen LogP contribution in [0.3, 0.4) is 0 Å². The summed E-state index contributed by atoms with van der Waals surface area (Å²) in [6.07, 6.45) is 1.42. The van der Waals surface area contributed by atoms with Gasteiger partial charge in [-0.1, -0.05) is 54.2 Å². The highest BCUT2D eigenvalue weighted by molar-refractivity contribution is 8.01. The number of fused-ring (bicyclic) bond motifs is 1. The molecule has 1 aromatic heterocycles. The summed E-state index contributed by atoms with van der Waals surface area (Å²) in [5, 5.41) is 3.93. The van der Waals surface area contributed by atoms with E-state index in [-0.39, 0.29) is 22.3 Å². The molecule has 4 rings (SSSR count). The van der Waals surface area contributed by atoms with Crippen molar-refractivity contribution in [2.24, 2.45) is 5.10 Å². The highest BCUT2D eigenvalue weighted by Gasteiger charge is 2.16. The number of thiazole rings is 1. The number of thioether (sulfide) groups is 1. The van der Waals surface area contributed by atoms with E-state index in [4.69, 9.17) is 4.18 Å². The molecular weight excluding hydrogens is 466 g/mol. The average Bonchev–Trinajstić information content (AvgIpc) is 3.21. The summed E-state index contributed by atoms with van der Waals surface area (Å²) >= 11 is 2.88. The predicted octanol–water partition coefficient (Wildman–Crippen LogP) is 4.31. The van der Waals surface area contributed by atoms with Crippen molar-refractivity contribution in [2.45, 2.75) is 9.24 Å². The number of aromatic nitrogens is 1. The normalized spacial score (nSPS) is 11.6. The van der Waals surface area contributed by atoms with Gasteiger partial charge in [-0.05, 0) is 42.0 Å². The molecule has 0 saturated carbocycles. The minimum atomic E-state index is -3.93. The Morgan fingerprint density at radius 2 is 1.84 bits per heavy atom. The van der Waals surface area contributed by atoms with E-state index in [1.807, 2.05) is 24.3 Å². The maximum Gasteiger partial charge on any atom is 0.339 e. The molecule has 0 spiro atoms. The number of amides is 1. The van der Waals surface area contributed by atoms with E-state index in [1.165, 1.54) is 53.6 Å². The number of carbonyl (C=O) groups excluding carboxylic acids is 1. The van der Waals surface area contributed by atoms with Gasteiger partial charge in [0.05, 0.1) is 22.2 Å². The van der Waals surface area contributed by atoms with Crippen molar-refractivity contribution in [1.82, 2.24) is 10.4 Å². The highest BCUT2D eigenvalue weighted by Crippen LogP contribution is 2.29. The van der Waals surface area contributed by atoms with Crippen molar-refractivity contribution in [1.29, 1.82) is 0 Å². The van der Waals surface area contributed by atoms with Gasteiger partial charge in [0.2, 0.25) is 0 Å². The van der Waals surface area contributed by atoms with E-state index in [0.717, 1.165) is 14.6 Å². The molecule has 1 N–H and O–H groups in total. The second kappa shape index (κ2) is 9.94. The summed E-state index contributed by atoms with van der Waals surface area (Å²) in [5.41, 5.74) is 3.94.